The molecular formula is C124H98N6Si6. The molecule has 0 N–H and O–H groups in total. The topological polar surface area (TPSA) is 19.4 Å². The molecule has 0 atom stereocenters. The number of hydrogen-bond acceptors (Lipinski definition) is 6. The Balaban J connectivity index is 0.000000126. The van der Waals surface area contributed by atoms with Crippen molar-refractivity contribution in [3.8, 4) is 11.8 Å². The van der Waals surface area contributed by atoms with Crippen LogP contribution in [0.15, 0.2) is 558 Å². The van der Waals surface area contributed by atoms with Crippen molar-refractivity contribution in [3.63, 3.8) is 0 Å². The molecule has 0 bridgehead atoms. The molecule has 16 radical (unpaired) electrons. The maximum Gasteiger partial charge on any atom is 0.121 e. The summed E-state index contributed by atoms with van der Waals surface area (Å²) in [5, 5.41) is 8.34. The highest BCUT2D eigenvalue weighted by atomic mass is 28.2. The summed E-state index contributed by atoms with van der Waals surface area (Å²) in [5.74, 6) is 6.23. The summed E-state index contributed by atoms with van der Waals surface area (Å²) in [6, 6.07) is 193. The van der Waals surface area contributed by atoms with Crippen LogP contribution in [0, 0.1) is 18.8 Å². The Kier molecular flexibility index (Phi) is 34.9. The number of rotatable bonds is 21. The number of nitrogens with zero attached hydrogens (tertiary/aromatic N) is 6. The first-order valence-electron chi connectivity index (χ1n) is 45.0. The van der Waals surface area contributed by atoms with Gasteiger partial charge in [-0.15, -0.1) is 0 Å². The van der Waals surface area contributed by atoms with Gasteiger partial charge >= 0.3 is 0 Å². The van der Waals surface area contributed by atoms with Gasteiger partial charge in [0.05, 0.1) is 50.5 Å². The average Bonchev–Trinajstić information content (AvgIpc) is 0.773. The number of hydrogen-bond donors (Lipinski definition) is 0. The fraction of sp³-hybridized carbons (Fsp3) is 0.0161. The Bertz CT molecular complexity index is 6640. The highest BCUT2D eigenvalue weighted by Gasteiger charge is 2.21. The highest BCUT2D eigenvalue weighted by molar-refractivity contribution is 6.67. The number of anilines is 18. The van der Waals surface area contributed by atoms with Crippen LogP contribution in [-0.4, -0.2) is 60.0 Å². The molecule has 0 amide bonds. The van der Waals surface area contributed by atoms with Crippen molar-refractivity contribution in [3.05, 3.63) is 575 Å². The molecular weight excluding hydrogens is 1740 g/mol. The van der Waals surface area contributed by atoms with Crippen LogP contribution in [0.5, 0.6) is 0 Å². The van der Waals surface area contributed by atoms with E-state index in [-0.39, 0.29) is 0 Å². The van der Waals surface area contributed by atoms with E-state index < -0.39 is 0 Å². The third kappa shape index (κ3) is 27.2. The maximum absolute atomic E-state index is 3.87. The molecule has 6 nitrogen and oxygen atoms in total. The molecule has 0 aliphatic heterocycles. The van der Waals surface area contributed by atoms with Crippen molar-refractivity contribution in [2.75, 3.05) is 29.4 Å². The Hall–Kier alpha value is -15.9. The van der Waals surface area contributed by atoms with Crippen molar-refractivity contribution in [1.29, 1.82) is 0 Å². The molecule has 0 saturated carbocycles. The van der Waals surface area contributed by atoms with E-state index in [0.29, 0.717) is 9.52 Å². The van der Waals surface area contributed by atoms with Gasteiger partial charge in [-0.25, -0.2) is 0 Å². The number of para-hydroxylation sites is 12. The predicted octanol–water partition coefficient (Wildman–Crippen LogP) is 26.9. The lowest BCUT2D eigenvalue weighted by molar-refractivity contribution is 1.24. The molecule has 0 aliphatic rings. The summed E-state index contributed by atoms with van der Waals surface area (Å²) in [7, 11) is 15.9. The monoisotopic (exact) mass is 1840 g/mol. The lowest BCUT2D eigenvalue weighted by Crippen LogP contribution is -2.26. The summed E-state index contributed by atoms with van der Waals surface area (Å²) < 4.78 is 0. The van der Waals surface area contributed by atoms with Crippen LogP contribution < -0.4 is 65.7 Å². The van der Waals surface area contributed by atoms with Crippen molar-refractivity contribution in [2.24, 2.45) is 0 Å². The smallest absolute Gasteiger partial charge is 0.121 e. The quantitative estimate of drug-likeness (QED) is 0.0524. The SMILES string of the molecule is C[Si]c1ccc(N(c2ccccc2)c2ccccc2)cc1.Cc1ccccc1N(c1ccccc1)c1cc([Si])cc(N(c2ccccc2)c2ccccc2)c1.[Si]c1ccc(C#Cc2ccccc2)cc1.[Si]c1ccc(N(c2ccccc2)c2ccccc2)cc1.[Si]c1ccc(N(c2ccccc2)c2ccccc2)cc1.c1ccc([Si]c2ccc(N(c3ccccc3)c3ccccc3)cc2)cc1. The Morgan fingerprint density at radius 2 is 0.368 bits per heavy atom. The first kappa shape index (κ1) is 94.7. The van der Waals surface area contributed by atoms with Crippen molar-refractivity contribution < 1.29 is 0 Å². The van der Waals surface area contributed by atoms with Gasteiger partial charge in [0.15, 0.2) is 0 Å². The van der Waals surface area contributed by atoms with Crippen molar-refractivity contribution >= 4 is 199 Å². The van der Waals surface area contributed by atoms with E-state index in [9.17, 15) is 0 Å². The molecule has 0 spiro atoms. The van der Waals surface area contributed by atoms with Crippen molar-refractivity contribution in [2.45, 2.75) is 13.5 Å². The third-order valence-electron chi connectivity index (χ3n) is 21.8. The van der Waals surface area contributed by atoms with Gasteiger partial charge in [0.25, 0.3) is 0 Å². The Labute approximate surface area is 821 Å². The fourth-order valence-corrected chi connectivity index (χ4v) is 17.6. The number of aryl methyl sites for hydroxylation is 1. The van der Waals surface area contributed by atoms with Crippen LogP contribution in [0.25, 0.3) is 0 Å². The molecule has 136 heavy (non-hydrogen) atoms. The van der Waals surface area contributed by atoms with Gasteiger partial charge in [-0.3, -0.25) is 0 Å². The molecule has 12 heteroatoms. The minimum atomic E-state index is 0.681. The zero-order valence-corrected chi connectivity index (χ0v) is 81.8. The molecule has 0 aliphatic carbocycles. The van der Waals surface area contributed by atoms with Crippen molar-refractivity contribution in [1.82, 2.24) is 0 Å². The minimum absolute atomic E-state index is 0.681. The first-order valence-corrected chi connectivity index (χ1v) is 49.5. The summed E-state index contributed by atoms with van der Waals surface area (Å²) in [6.45, 7) is 4.37. The van der Waals surface area contributed by atoms with E-state index in [4.69, 9.17) is 0 Å². The second kappa shape index (κ2) is 50.1. The average molecular weight is 1840 g/mol. The third-order valence-corrected chi connectivity index (χ3v) is 25.2. The van der Waals surface area contributed by atoms with Crippen LogP contribution in [0.4, 0.5) is 102 Å². The molecule has 20 aromatic rings. The summed E-state index contributed by atoms with van der Waals surface area (Å²) in [6.07, 6.45) is 0. The van der Waals surface area contributed by atoms with Gasteiger partial charge in [-0.1, -0.05) is 382 Å². The van der Waals surface area contributed by atoms with Crippen LogP contribution >= 0.6 is 0 Å². The van der Waals surface area contributed by atoms with Crippen LogP contribution in [0.3, 0.4) is 0 Å². The van der Waals surface area contributed by atoms with Gasteiger partial charge in [0.1, 0.15) is 9.52 Å². The van der Waals surface area contributed by atoms with E-state index in [0.717, 1.165) is 121 Å². The zero-order chi connectivity index (χ0) is 93.5. The zero-order valence-electron chi connectivity index (χ0n) is 75.8. The highest BCUT2D eigenvalue weighted by Crippen LogP contribution is 2.43. The lowest BCUT2D eigenvalue weighted by atomic mass is 10.1. The standard InChI is InChI=1S/C31H25N2Si.C24H19NSi.C19H17NSi.2C18H14NSi.C14H9Si/c1-24-13-11-12-20-31(24)33(27-18-9-4-10-19-27)29-21-28(22-30(34)23-29)32(25-14-5-2-6-15-25)26-16-7-3-8-17-26;1-4-10-20(11-5-1)25(21-12-6-2-7-13-21)22-16-18-24(19-17-22)26-23-14-8-3-9-15-23;1-21-19-14-12-18(13-15-19)20(16-8-4-2-5-9-16)17-10-6-3-7-11-17;2*20-18-13-11-17(12-14-18)19(15-7-3-1-4-8-15)16-9-5-2-6-10-16;15-14-10-8-13(9-11-14)7-6-12-4-2-1-3-5-12/h2-23H,1H3;1-19H;2-15H,1H3;2*1-14H;1-5,8-11H. The summed E-state index contributed by atoms with van der Waals surface area (Å²) in [4.78, 5) is 13.7. The van der Waals surface area contributed by atoms with Gasteiger partial charge in [-0.2, -0.15) is 0 Å². The van der Waals surface area contributed by atoms with E-state index in [1.165, 1.54) is 43.9 Å². The fourth-order valence-electron chi connectivity index (χ4n) is 15.3. The molecule has 648 valence electrons. The molecule has 20 rings (SSSR count). The van der Waals surface area contributed by atoms with E-state index in [1.807, 2.05) is 103 Å². The second-order valence-corrected chi connectivity index (χ2v) is 36.1. The van der Waals surface area contributed by atoms with Crippen LogP contribution in [0.1, 0.15) is 16.7 Å². The maximum atomic E-state index is 3.87. The number of benzene rings is 20. The van der Waals surface area contributed by atoms with Gasteiger partial charge < -0.3 is 29.4 Å². The van der Waals surface area contributed by atoms with Crippen LogP contribution in [0.2, 0.25) is 6.55 Å². The lowest BCUT2D eigenvalue weighted by Gasteiger charge is -2.30. The van der Waals surface area contributed by atoms with Gasteiger partial charge in [-0.05, 0) is 243 Å². The molecule has 0 heterocycles. The minimum Gasteiger partial charge on any atom is -0.311 e. The summed E-state index contributed by atoms with van der Waals surface area (Å²) in [5.41, 5.74) is 23.9. The summed E-state index contributed by atoms with van der Waals surface area (Å²) >= 11 is 0. The molecule has 0 saturated heterocycles. The Morgan fingerprint density at radius 1 is 0.169 bits per heavy atom. The Morgan fingerprint density at radius 3 is 0.647 bits per heavy atom. The van der Waals surface area contributed by atoms with E-state index in [1.54, 1.807) is 0 Å². The van der Waals surface area contributed by atoms with Gasteiger partial charge in [0.2, 0.25) is 0 Å². The predicted molar refractivity (Wildman–Crippen MR) is 588 cm³/mol. The molecule has 0 unspecified atom stereocenters. The largest absolute Gasteiger partial charge is 0.311 e. The first-order chi connectivity index (χ1) is 67.0. The van der Waals surface area contributed by atoms with Gasteiger partial charge in [0, 0.05) is 113 Å². The normalized spacial score (nSPS) is 10.3. The molecule has 0 aromatic heterocycles. The van der Waals surface area contributed by atoms with E-state index >= 15 is 0 Å². The molecule has 20 aromatic carbocycles. The second-order valence-electron chi connectivity index (χ2n) is 31.3. The molecule has 0 fully saturated rings. The van der Waals surface area contributed by atoms with Crippen LogP contribution in [-0.2, 0) is 0 Å². The van der Waals surface area contributed by atoms with E-state index in [2.05, 4.69) is 551 Å².